The van der Waals surface area contributed by atoms with E-state index in [1.807, 2.05) is 6.07 Å². The Hall–Kier alpha value is 0.190. The first-order chi connectivity index (χ1) is 6.24. The SMILES string of the molecule is COCCNc1cc(I)ccc1Br. The van der Waals surface area contributed by atoms with Gasteiger partial charge in [0, 0.05) is 27.4 Å². The fourth-order valence-electron chi connectivity index (χ4n) is 0.921. The highest BCUT2D eigenvalue weighted by Crippen LogP contribution is 2.23. The molecule has 0 radical (unpaired) electrons. The molecule has 1 N–H and O–H groups in total. The van der Waals surface area contributed by atoms with Gasteiger partial charge in [0.05, 0.1) is 6.61 Å². The van der Waals surface area contributed by atoms with Gasteiger partial charge in [-0.25, -0.2) is 0 Å². The molecule has 0 aromatic heterocycles. The van der Waals surface area contributed by atoms with Crippen molar-refractivity contribution in [1.29, 1.82) is 0 Å². The number of hydrogen-bond acceptors (Lipinski definition) is 2. The molecular formula is C9H11BrINO. The summed E-state index contributed by atoms with van der Waals surface area (Å²) in [5.74, 6) is 0. The Kier molecular flexibility index (Phi) is 5.05. The van der Waals surface area contributed by atoms with E-state index in [1.165, 1.54) is 3.57 Å². The molecule has 1 aromatic carbocycles. The van der Waals surface area contributed by atoms with E-state index in [-0.39, 0.29) is 0 Å². The lowest BCUT2D eigenvalue weighted by atomic mass is 10.3. The van der Waals surface area contributed by atoms with Crippen LogP contribution in [-0.4, -0.2) is 20.3 Å². The topological polar surface area (TPSA) is 21.3 Å². The van der Waals surface area contributed by atoms with E-state index in [1.54, 1.807) is 7.11 Å². The van der Waals surface area contributed by atoms with E-state index >= 15 is 0 Å². The van der Waals surface area contributed by atoms with Crippen LogP contribution in [0.25, 0.3) is 0 Å². The summed E-state index contributed by atoms with van der Waals surface area (Å²) in [7, 11) is 1.70. The van der Waals surface area contributed by atoms with Gasteiger partial charge in [0.1, 0.15) is 0 Å². The van der Waals surface area contributed by atoms with Crippen molar-refractivity contribution < 1.29 is 4.74 Å². The van der Waals surface area contributed by atoms with E-state index in [0.717, 1.165) is 23.3 Å². The normalized spacial score (nSPS) is 10.1. The number of hydrogen-bond donors (Lipinski definition) is 1. The average Bonchev–Trinajstić information content (AvgIpc) is 2.11. The molecule has 0 aliphatic heterocycles. The molecule has 0 aliphatic carbocycles. The number of benzene rings is 1. The van der Waals surface area contributed by atoms with Crippen LogP contribution in [0.15, 0.2) is 22.7 Å². The van der Waals surface area contributed by atoms with Gasteiger partial charge in [-0.05, 0) is 56.7 Å². The van der Waals surface area contributed by atoms with Crippen LogP contribution in [-0.2, 0) is 4.74 Å². The van der Waals surface area contributed by atoms with E-state index in [4.69, 9.17) is 4.74 Å². The van der Waals surface area contributed by atoms with Crippen LogP contribution in [0.5, 0.6) is 0 Å². The monoisotopic (exact) mass is 355 g/mol. The molecule has 2 nitrogen and oxygen atoms in total. The van der Waals surface area contributed by atoms with Crippen molar-refractivity contribution in [3.63, 3.8) is 0 Å². The van der Waals surface area contributed by atoms with Crippen molar-refractivity contribution in [2.75, 3.05) is 25.6 Å². The summed E-state index contributed by atoms with van der Waals surface area (Å²) in [6, 6.07) is 6.20. The summed E-state index contributed by atoms with van der Waals surface area (Å²) >= 11 is 5.77. The summed E-state index contributed by atoms with van der Waals surface area (Å²) in [4.78, 5) is 0. The molecule has 0 fully saturated rings. The highest BCUT2D eigenvalue weighted by atomic mass is 127. The van der Waals surface area contributed by atoms with Gasteiger partial charge >= 0.3 is 0 Å². The number of anilines is 1. The van der Waals surface area contributed by atoms with Gasteiger partial charge in [0.25, 0.3) is 0 Å². The Labute approximate surface area is 100 Å². The molecule has 0 aliphatic rings. The molecule has 1 rings (SSSR count). The zero-order valence-corrected chi connectivity index (χ0v) is 11.1. The standard InChI is InChI=1S/C9H11BrINO/c1-13-5-4-12-9-6-7(11)2-3-8(9)10/h2-3,6,12H,4-5H2,1H3. The summed E-state index contributed by atoms with van der Waals surface area (Å²) in [6.07, 6.45) is 0. The lowest BCUT2D eigenvalue weighted by Gasteiger charge is -2.07. The number of rotatable bonds is 4. The quantitative estimate of drug-likeness (QED) is 0.662. The fourth-order valence-corrected chi connectivity index (χ4v) is 1.80. The van der Waals surface area contributed by atoms with Crippen molar-refractivity contribution in [3.8, 4) is 0 Å². The largest absolute Gasteiger partial charge is 0.383 e. The van der Waals surface area contributed by atoms with Crippen molar-refractivity contribution in [2.45, 2.75) is 0 Å². The third-order valence-electron chi connectivity index (χ3n) is 1.55. The molecule has 0 spiro atoms. The Morgan fingerprint density at radius 3 is 3.00 bits per heavy atom. The predicted octanol–water partition coefficient (Wildman–Crippen LogP) is 3.11. The summed E-state index contributed by atoms with van der Waals surface area (Å²) in [5.41, 5.74) is 1.11. The molecule has 1 aromatic rings. The number of ether oxygens (including phenoxy) is 1. The molecule has 0 bridgehead atoms. The minimum absolute atomic E-state index is 0.720. The molecule has 0 saturated heterocycles. The third-order valence-corrected chi connectivity index (χ3v) is 2.91. The van der Waals surface area contributed by atoms with Gasteiger partial charge < -0.3 is 10.1 Å². The average molecular weight is 356 g/mol. The number of methoxy groups -OCH3 is 1. The Bertz CT molecular complexity index is 280. The molecule has 4 heteroatoms. The lowest BCUT2D eigenvalue weighted by molar-refractivity contribution is 0.211. The minimum Gasteiger partial charge on any atom is -0.383 e. The smallest absolute Gasteiger partial charge is 0.0635 e. The van der Waals surface area contributed by atoms with Crippen molar-refractivity contribution >= 4 is 44.2 Å². The Balaban J connectivity index is 2.59. The maximum Gasteiger partial charge on any atom is 0.0635 e. The highest BCUT2D eigenvalue weighted by Gasteiger charge is 1.98. The van der Waals surface area contributed by atoms with Crippen molar-refractivity contribution in [3.05, 3.63) is 26.2 Å². The first kappa shape index (κ1) is 11.3. The van der Waals surface area contributed by atoms with Crippen molar-refractivity contribution in [2.24, 2.45) is 0 Å². The molecule has 0 atom stereocenters. The first-order valence-electron chi connectivity index (χ1n) is 3.92. The summed E-state index contributed by atoms with van der Waals surface area (Å²) in [6.45, 7) is 1.55. The van der Waals surface area contributed by atoms with Crippen LogP contribution in [0.3, 0.4) is 0 Å². The van der Waals surface area contributed by atoms with Crippen LogP contribution in [0.4, 0.5) is 5.69 Å². The molecule has 0 saturated carbocycles. The Morgan fingerprint density at radius 1 is 1.54 bits per heavy atom. The van der Waals surface area contributed by atoms with E-state index < -0.39 is 0 Å². The molecule has 72 valence electrons. The molecule has 0 amide bonds. The van der Waals surface area contributed by atoms with Gasteiger partial charge in [-0.15, -0.1) is 0 Å². The van der Waals surface area contributed by atoms with Gasteiger partial charge in [-0.2, -0.15) is 0 Å². The van der Waals surface area contributed by atoms with Crippen LogP contribution < -0.4 is 5.32 Å². The van der Waals surface area contributed by atoms with Crippen LogP contribution in [0, 0.1) is 3.57 Å². The van der Waals surface area contributed by atoms with Gasteiger partial charge in [-0.1, -0.05) is 0 Å². The zero-order valence-electron chi connectivity index (χ0n) is 7.31. The van der Waals surface area contributed by atoms with Crippen molar-refractivity contribution in [1.82, 2.24) is 0 Å². The van der Waals surface area contributed by atoms with Gasteiger partial charge in [0.2, 0.25) is 0 Å². The highest BCUT2D eigenvalue weighted by molar-refractivity contribution is 14.1. The zero-order chi connectivity index (χ0) is 9.68. The minimum atomic E-state index is 0.720. The summed E-state index contributed by atoms with van der Waals surface area (Å²) < 4.78 is 7.26. The number of nitrogens with one attached hydrogen (secondary N) is 1. The first-order valence-corrected chi connectivity index (χ1v) is 5.79. The maximum atomic E-state index is 4.95. The summed E-state index contributed by atoms with van der Waals surface area (Å²) in [5, 5.41) is 3.28. The maximum absolute atomic E-state index is 4.95. The lowest BCUT2D eigenvalue weighted by Crippen LogP contribution is -2.07. The van der Waals surface area contributed by atoms with Gasteiger partial charge in [0.15, 0.2) is 0 Å². The molecule has 0 unspecified atom stereocenters. The second-order valence-electron chi connectivity index (χ2n) is 2.54. The predicted molar refractivity (Wildman–Crippen MR) is 67.2 cm³/mol. The van der Waals surface area contributed by atoms with Crippen LogP contribution >= 0.6 is 38.5 Å². The van der Waals surface area contributed by atoms with E-state index in [0.29, 0.717) is 0 Å². The molecule has 13 heavy (non-hydrogen) atoms. The van der Waals surface area contributed by atoms with Crippen LogP contribution in [0.2, 0.25) is 0 Å². The number of halogens is 2. The second-order valence-corrected chi connectivity index (χ2v) is 4.64. The Morgan fingerprint density at radius 2 is 2.31 bits per heavy atom. The second kappa shape index (κ2) is 5.82. The molecule has 0 heterocycles. The molecular weight excluding hydrogens is 345 g/mol. The van der Waals surface area contributed by atoms with Crippen LogP contribution in [0.1, 0.15) is 0 Å². The fraction of sp³-hybridized carbons (Fsp3) is 0.333. The van der Waals surface area contributed by atoms with E-state index in [2.05, 4.69) is 56.0 Å². The van der Waals surface area contributed by atoms with E-state index in [9.17, 15) is 0 Å². The van der Waals surface area contributed by atoms with Gasteiger partial charge in [-0.3, -0.25) is 0 Å². The third kappa shape index (κ3) is 3.83.